The van der Waals surface area contributed by atoms with Crippen LogP contribution in [-0.4, -0.2) is 13.2 Å². The first-order valence-corrected chi connectivity index (χ1v) is 8.61. The third-order valence-corrected chi connectivity index (χ3v) is 5.27. The van der Waals surface area contributed by atoms with Crippen LogP contribution < -0.4 is 10.1 Å². The highest BCUT2D eigenvalue weighted by atomic mass is 32.1. The van der Waals surface area contributed by atoms with E-state index in [0.29, 0.717) is 12.0 Å². The van der Waals surface area contributed by atoms with E-state index in [1.54, 1.807) is 0 Å². The molecule has 2 heterocycles. The summed E-state index contributed by atoms with van der Waals surface area (Å²) in [5.41, 5.74) is 1.37. The predicted octanol–water partition coefficient (Wildman–Crippen LogP) is 4.66. The first-order chi connectivity index (χ1) is 10.3. The highest BCUT2D eigenvalue weighted by Gasteiger charge is 2.25. The van der Waals surface area contributed by atoms with E-state index >= 15 is 0 Å². The van der Waals surface area contributed by atoms with Crippen LogP contribution in [-0.2, 0) is 0 Å². The van der Waals surface area contributed by atoms with E-state index in [1.807, 2.05) is 11.3 Å². The Morgan fingerprint density at radius 1 is 1.29 bits per heavy atom. The van der Waals surface area contributed by atoms with Crippen molar-refractivity contribution in [2.75, 3.05) is 13.2 Å². The molecule has 1 aliphatic heterocycles. The zero-order valence-electron chi connectivity index (χ0n) is 12.8. The minimum absolute atomic E-state index is 0.449. The van der Waals surface area contributed by atoms with Gasteiger partial charge in [0.2, 0.25) is 0 Å². The number of ether oxygens (including phenoxy) is 1. The van der Waals surface area contributed by atoms with Crippen molar-refractivity contribution in [1.82, 2.24) is 5.32 Å². The predicted molar refractivity (Wildman–Crippen MR) is 89.4 cm³/mol. The van der Waals surface area contributed by atoms with Gasteiger partial charge in [-0.15, -0.1) is 11.3 Å². The molecule has 0 spiro atoms. The number of para-hydroxylation sites is 1. The van der Waals surface area contributed by atoms with Crippen LogP contribution in [0.2, 0.25) is 0 Å². The molecule has 0 fully saturated rings. The maximum Gasteiger partial charge on any atom is 0.122 e. The molecule has 1 aromatic carbocycles. The van der Waals surface area contributed by atoms with E-state index in [1.165, 1.54) is 15.3 Å². The number of thiophene rings is 1. The van der Waals surface area contributed by atoms with E-state index in [4.69, 9.17) is 4.74 Å². The van der Waals surface area contributed by atoms with Gasteiger partial charge in [0.25, 0.3) is 0 Å². The van der Waals surface area contributed by atoms with Crippen molar-refractivity contribution in [3.05, 3.63) is 51.7 Å². The quantitative estimate of drug-likeness (QED) is 0.867. The first-order valence-electron chi connectivity index (χ1n) is 7.79. The summed E-state index contributed by atoms with van der Waals surface area (Å²) in [6.07, 6.45) is 2.26. The molecule has 2 nitrogen and oxygen atoms in total. The highest BCUT2D eigenvalue weighted by molar-refractivity contribution is 7.12. The molecule has 2 atom stereocenters. The number of benzene rings is 1. The van der Waals surface area contributed by atoms with Crippen molar-refractivity contribution in [2.45, 2.75) is 38.6 Å². The van der Waals surface area contributed by atoms with Crippen molar-refractivity contribution < 1.29 is 4.74 Å². The summed E-state index contributed by atoms with van der Waals surface area (Å²) in [4.78, 5) is 2.85. The molecule has 2 unspecified atom stereocenters. The van der Waals surface area contributed by atoms with Gasteiger partial charge in [0.15, 0.2) is 0 Å². The van der Waals surface area contributed by atoms with Crippen molar-refractivity contribution >= 4 is 11.3 Å². The van der Waals surface area contributed by atoms with Gasteiger partial charge in [-0.2, -0.15) is 0 Å². The highest BCUT2D eigenvalue weighted by Crippen LogP contribution is 2.39. The molecule has 0 radical (unpaired) electrons. The van der Waals surface area contributed by atoms with E-state index in [-0.39, 0.29) is 0 Å². The fraction of sp³-hybridized carbons (Fsp3) is 0.444. The Hall–Kier alpha value is -1.32. The average molecular weight is 301 g/mol. The second-order valence-electron chi connectivity index (χ2n) is 5.67. The van der Waals surface area contributed by atoms with Crippen molar-refractivity contribution in [3.63, 3.8) is 0 Å². The van der Waals surface area contributed by atoms with Gasteiger partial charge < -0.3 is 10.1 Å². The molecule has 0 amide bonds. The molecule has 21 heavy (non-hydrogen) atoms. The molecule has 0 bridgehead atoms. The third kappa shape index (κ3) is 3.30. The zero-order chi connectivity index (χ0) is 14.7. The second-order valence-corrected chi connectivity index (χ2v) is 6.99. The molecule has 0 saturated carbocycles. The van der Waals surface area contributed by atoms with Gasteiger partial charge in [0.1, 0.15) is 5.75 Å². The molecule has 1 aromatic heterocycles. The molecule has 1 aliphatic rings. The minimum atomic E-state index is 0.449. The lowest BCUT2D eigenvalue weighted by Crippen LogP contribution is -2.24. The lowest BCUT2D eigenvalue weighted by Gasteiger charge is -2.29. The Kier molecular flexibility index (Phi) is 4.61. The normalized spacial score (nSPS) is 18.9. The average Bonchev–Trinajstić information content (AvgIpc) is 2.94. The van der Waals surface area contributed by atoms with Crippen LogP contribution in [0.4, 0.5) is 0 Å². The number of nitrogens with one attached hydrogen (secondary N) is 1. The van der Waals surface area contributed by atoms with Gasteiger partial charge in [0.05, 0.1) is 6.61 Å². The minimum Gasteiger partial charge on any atom is -0.493 e. The summed E-state index contributed by atoms with van der Waals surface area (Å²) in [6, 6.07) is 13.5. The molecule has 2 aromatic rings. The Balaban J connectivity index is 1.80. The van der Waals surface area contributed by atoms with Gasteiger partial charge in [0, 0.05) is 15.8 Å². The summed E-state index contributed by atoms with van der Waals surface area (Å²) in [5, 5.41) is 3.66. The summed E-state index contributed by atoms with van der Waals surface area (Å²) in [6.45, 7) is 6.21. The Morgan fingerprint density at radius 2 is 2.14 bits per heavy atom. The fourth-order valence-electron chi connectivity index (χ4n) is 3.13. The Morgan fingerprint density at radius 3 is 2.90 bits per heavy atom. The van der Waals surface area contributed by atoms with E-state index in [0.717, 1.165) is 31.7 Å². The smallest absolute Gasteiger partial charge is 0.122 e. The van der Waals surface area contributed by atoms with Gasteiger partial charge in [-0.25, -0.2) is 0 Å². The van der Waals surface area contributed by atoms with Gasteiger partial charge in [-0.1, -0.05) is 25.1 Å². The largest absolute Gasteiger partial charge is 0.493 e. The van der Waals surface area contributed by atoms with Crippen LogP contribution in [0.5, 0.6) is 5.75 Å². The molecule has 112 valence electrons. The maximum atomic E-state index is 5.79. The summed E-state index contributed by atoms with van der Waals surface area (Å²) in [5.74, 6) is 1.66. The van der Waals surface area contributed by atoms with Crippen LogP contribution in [0.25, 0.3) is 0 Å². The molecule has 1 N–H and O–H groups in total. The summed E-state index contributed by atoms with van der Waals surface area (Å²) in [7, 11) is 0. The maximum absolute atomic E-state index is 5.79. The van der Waals surface area contributed by atoms with Gasteiger partial charge in [-0.05, 0) is 56.0 Å². The van der Waals surface area contributed by atoms with E-state index < -0.39 is 0 Å². The lowest BCUT2D eigenvalue weighted by atomic mass is 9.87. The Labute approximate surface area is 131 Å². The van der Waals surface area contributed by atoms with E-state index in [2.05, 4.69) is 55.6 Å². The van der Waals surface area contributed by atoms with Gasteiger partial charge >= 0.3 is 0 Å². The SMILES string of the molecule is CCNC(CC1CCOc2ccccc21)c1ccc(C)s1. The molecular weight excluding hydrogens is 278 g/mol. The third-order valence-electron chi connectivity index (χ3n) is 4.16. The second kappa shape index (κ2) is 6.63. The van der Waals surface area contributed by atoms with Crippen molar-refractivity contribution in [3.8, 4) is 5.75 Å². The monoisotopic (exact) mass is 301 g/mol. The molecule has 0 saturated heterocycles. The molecule has 3 heteroatoms. The number of aryl methyl sites for hydroxylation is 1. The van der Waals surface area contributed by atoms with Gasteiger partial charge in [-0.3, -0.25) is 0 Å². The number of fused-ring (bicyclic) bond motifs is 1. The number of hydrogen-bond acceptors (Lipinski definition) is 3. The standard InChI is InChI=1S/C18H23NOS/c1-3-19-16(18-9-8-13(2)21-18)12-14-10-11-20-17-7-5-4-6-15(14)17/h4-9,14,16,19H,3,10-12H2,1-2H3. The van der Waals surface area contributed by atoms with Crippen LogP contribution >= 0.6 is 11.3 Å². The topological polar surface area (TPSA) is 21.3 Å². The lowest BCUT2D eigenvalue weighted by molar-refractivity contribution is 0.256. The summed E-state index contributed by atoms with van der Waals surface area (Å²) < 4.78 is 5.79. The molecule has 3 rings (SSSR count). The van der Waals surface area contributed by atoms with Crippen LogP contribution in [0.3, 0.4) is 0 Å². The number of hydrogen-bond donors (Lipinski definition) is 1. The van der Waals surface area contributed by atoms with Crippen molar-refractivity contribution in [2.24, 2.45) is 0 Å². The fourth-order valence-corrected chi connectivity index (χ4v) is 4.10. The van der Waals surface area contributed by atoms with Crippen LogP contribution in [0.1, 0.15) is 47.0 Å². The summed E-state index contributed by atoms with van der Waals surface area (Å²) >= 11 is 1.91. The number of rotatable bonds is 5. The van der Waals surface area contributed by atoms with Crippen LogP contribution in [0.15, 0.2) is 36.4 Å². The first kappa shape index (κ1) is 14.6. The zero-order valence-corrected chi connectivity index (χ0v) is 13.6. The van der Waals surface area contributed by atoms with Crippen LogP contribution in [0, 0.1) is 6.92 Å². The molecular formula is C18H23NOS. The molecule has 0 aliphatic carbocycles. The Bertz CT molecular complexity index is 592. The van der Waals surface area contributed by atoms with E-state index in [9.17, 15) is 0 Å². The van der Waals surface area contributed by atoms with Crippen molar-refractivity contribution in [1.29, 1.82) is 0 Å².